The molecule has 0 fully saturated rings. The lowest BCUT2D eigenvalue weighted by atomic mass is 10.1. The zero-order valence-electron chi connectivity index (χ0n) is 11.5. The first-order chi connectivity index (χ1) is 9.27. The molecule has 1 aromatic heterocycles. The summed E-state index contributed by atoms with van der Waals surface area (Å²) in [6.45, 7) is 4.98. The first-order valence-electron chi connectivity index (χ1n) is 6.09. The van der Waals surface area contributed by atoms with Gasteiger partial charge in [0.2, 0.25) is 0 Å². The van der Waals surface area contributed by atoms with Crippen molar-refractivity contribution in [2.45, 2.75) is 32.5 Å². The number of carboxylic acids is 1. The number of carboxylic acid groups (broad SMARTS) is 1. The summed E-state index contributed by atoms with van der Waals surface area (Å²) in [5, 5.41) is 21.3. The lowest BCUT2D eigenvalue weighted by Crippen LogP contribution is -2.46. The van der Waals surface area contributed by atoms with Crippen molar-refractivity contribution in [3.05, 3.63) is 16.1 Å². The van der Waals surface area contributed by atoms with E-state index in [1.807, 2.05) is 13.8 Å². The standard InChI is InChI=1S/C12H18N2O5S/c1-4-19-7(2)10-13-5-8(20-10)9(15)14-6-12(3,18)11(16)17/h5,7,18H,4,6H2,1-3H3,(H,14,15)(H,16,17). The summed E-state index contributed by atoms with van der Waals surface area (Å²) in [6.07, 6.45) is 1.20. The van der Waals surface area contributed by atoms with E-state index in [1.54, 1.807) is 0 Å². The molecular formula is C12H18N2O5S. The third-order valence-electron chi connectivity index (χ3n) is 2.57. The lowest BCUT2D eigenvalue weighted by molar-refractivity contribution is -0.155. The Balaban J connectivity index is 2.63. The minimum absolute atomic E-state index is 0.200. The molecule has 20 heavy (non-hydrogen) atoms. The van der Waals surface area contributed by atoms with Crippen molar-refractivity contribution in [1.29, 1.82) is 0 Å². The predicted octanol–water partition coefficient (Wildman–Crippen LogP) is 0.806. The number of nitrogens with zero attached hydrogens (tertiary/aromatic N) is 1. The molecule has 0 bridgehead atoms. The third kappa shape index (κ3) is 4.26. The molecule has 1 heterocycles. The smallest absolute Gasteiger partial charge is 0.337 e. The van der Waals surface area contributed by atoms with Crippen LogP contribution >= 0.6 is 11.3 Å². The quantitative estimate of drug-likeness (QED) is 0.687. The number of thiazole rings is 1. The van der Waals surface area contributed by atoms with Crippen LogP contribution in [-0.4, -0.2) is 45.8 Å². The first kappa shape index (κ1) is 16.5. The van der Waals surface area contributed by atoms with Crippen molar-refractivity contribution < 1.29 is 24.5 Å². The minimum atomic E-state index is -2.00. The van der Waals surface area contributed by atoms with Crippen LogP contribution in [0.3, 0.4) is 0 Å². The molecule has 0 aliphatic heterocycles. The average molecular weight is 302 g/mol. The van der Waals surface area contributed by atoms with Gasteiger partial charge < -0.3 is 20.3 Å². The molecular weight excluding hydrogens is 284 g/mol. The summed E-state index contributed by atoms with van der Waals surface area (Å²) >= 11 is 1.17. The Bertz CT molecular complexity index is 486. The molecule has 0 radical (unpaired) electrons. The maximum Gasteiger partial charge on any atom is 0.337 e. The molecule has 0 saturated carbocycles. The van der Waals surface area contributed by atoms with Crippen LogP contribution in [0.2, 0.25) is 0 Å². The van der Waals surface area contributed by atoms with Crippen LogP contribution in [-0.2, 0) is 9.53 Å². The van der Waals surface area contributed by atoms with Crippen LogP contribution in [0.15, 0.2) is 6.20 Å². The van der Waals surface area contributed by atoms with E-state index in [0.29, 0.717) is 16.5 Å². The van der Waals surface area contributed by atoms with Crippen LogP contribution in [0, 0.1) is 0 Å². The molecule has 3 N–H and O–H groups in total. The van der Waals surface area contributed by atoms with Crippen LogP contribution < -0.4 is 5.32 Å². The van der Waals surface area contributed by atoms with E-state index in [1.165, 1.54) is 17.5 Å². The van der Waals surface area contributed by atoms with Gasteiger partial charge in [0.1, 0.15) is 16.0 Å². The van der Waals surface area contributed by atoms with Crippen LogP contribution in [0.25, 0.3) is 0 Å². The van der Waals surface area contributed by atoms with Crippen LogP contribution in [0.5, 0.6) is 0 Å². The highest BCUT2D eigenvalue weighted by molar-refractivity contribution is 7.13. The number of carbonyl (C=O) groups excluding carboxylic acids is 1. The fraction of sp³-hybridized carbons (Fsp3) is 0.583. The Hall–Kier alpha value is -1.51. The highest BCUT2D eigenvalue weighted by Crippen LogP contribution is 2.22. The van der Waals surface area contributed by atoms with Gasteiger partial charge in [-0.2, -0.15) is 0 Å². The van der Waals surface area contributed by atoms with Crippen LogP contribution in [0.4, 0.5) is 0 Å². The van der Waals surface area contributed by atoms with Gasteiger partial charge in [-0.15, -0.1) is 11.3 Å². The summed E-state index contributed by atoms with van der Waals surface area (Å²) in [5.41, 5.74) is -2.00. The predicted molar refractivity (Wildman–Crippen MR) is 72.7 cm³/mol. The third-order valence-corrected chi connectivity index (χ3v) is 3.72. The molecule has 1 amide bonds. The fourth-order valence-electron chi connectivity index (χ4n) is 1.32. The van der Waals surface area contributed by atoms with E-state index in [4.69, 9.17) is 9.84 Å². The van der Waals surface area contributed by atoms with Gasteiger partial charge in [-0.05, 0) is 20.8 Å². The van der Waals surface area contributed by atoms with Gasteiger partial charge in [0.15, 0.2) is 5.60 Å². The molecule has 1 aromatic rings. The van der Waals surface area contributed by atoms with Gasteiger partial charge in [-0.3, -0.25) is 4.79 Å². The number of nitrogens with one attached hydrogen (secondary N) is 1. The second-order valence-electron chi connectivity index (χ2n) is 4.42. The number of carbonyl (C=O) groups is 2. The van der Waals surface area contributed by atoms with E-state index in [0.717, 1.165) is 6.92 Å². The summed E-state index contributed by atoms with van der Waals surface area (Å²) in [6, 6.07) is 0. The second kappa shape index (κ2) is 6.78. The van der Waals surface area contributed by atoms with Crippen molar-refractivity contribution in [2.24, 2.45) is 0 Å². The SMILES string of the molecule is CCOC(C)c1ncc(C(=O)NCC(C)(O)C(=O)O)s1. The van der Waals surface area contributed by atoms with Crippen molar-refractivity contribution in [3.8, 4) is 0 Å². The van der Waals surface area contributed by atoms with Crippen molar-refractivity contribution >= 4 is 23.2 Å². The minimum Gasteiger partial charge on any atom is -0.479 e. The van der Waals surface area contributed by atoms with E-state index >= 15 is 0 Å². The molecule has 112 valence electrons. The van der Waals surface area contributed by atoms with Gasteiger partial charge in [0, 0.05) is 6.61 Å². The molecule has 7 nitrogen and oxygen atoms in total. The zero-order valence-corrected chi connectivity index (χ0v) is 12.4. The lowest BCUT2D eigenvalue weighted by Gasteiger charge is -2.17. The molecule has 1 rings (SSSR count). The van der Waals surface area contributed by atoms with Gasteiger partial charge in [0.05, 0.1) is 12.7 Å². The summed E-state index contributed by atoms with van der Waals surface area (Å²) in [5.74, 6) is -1.87. The molecule has 8 heteroatoms. The Kier molecular flexibility index (Phi) is 5.61. The summed E-state index contributed by atoms with van der Waals surface area (Å²) < 4.78 is 5.37. The molecule has 0 spiro atoms. The average Bonchev–Trinajstić information content (AvgIpc) is 2.85. The van der Waals surface area contributed by atoms with E-state index in [9.17, 15) is 14.7 Å². The molecule has 0 aliphatic carbocycles. The summed E-state index contributed by atoms with van der Waals surface area (Å²) in [7, 11) is 0. The molecule has 2 atom stereocenters. The fourth-order valence-corrected chi connectivity index (χ4v) is 2.15. The first-order valence-corrected chi connectivity index (χ1v) is 6.91. The van der Waals surface area contributed by atoms with E-state index in [-0.39, 0.29) is 12.6 Å². The normalized spacial score (nSPS) is 15.4. The second-order valence-corrected chi connectivity index (χ2v) is 5.48. The van der Waals surface area contributed by atoms with Crippen molar-refractivity contribution in [3.63, 3.8) is 0 Å². The van der Waals surface area contributed by atoms with E-state index < -0.39 is 17.5 Å². The van der Waals surface area contributed by atoms with Crippen molar-refractivity contribution in [1.82, 2.24) is 10.3 Å². The zero-order chi connectivity index (χ0) is 15.3. The maximum atomic E-state index is 11.8. The Morgan fingerprint density at radius 1 is 1.60 bits per heavy atom. The van der Waals surface area contributed by atoms with Gasteiger partial charge in [-0.1, -0.05) is 0 Å². The van der Waals surface area contributed by atoms with E-state index in [2.05, 4.69) is 10.3 Å². The highest BCUT2D eigenvalue weighted by atomic mass is 32.1. The van der Waals surface area contributed by atoms with Crippen LogP contribution in [0.1, 0.15) is 41.6 Å². The Morgan fingerprint density at radius 3 is 2.80 bits per heavy atom. The molecule has 0 aliphatic rings. The Labute approximate surface area is 120 Å². The number of amides is 1. The number of hydrogen-bond donors (Lipinski definition) is 3. The summed E-state index contributed by atoms with van der Waals surface area (Å²) in [4.78, 5) is 27.0. The highest BCUT2D eigenvalue weighted by Gasteiger charge is 2.30. The maximum absolute atomic E-state index is 11.8. The number of aliphatic hydroxyl groups is 1. The molecule has 0 aromatic carbocycles. The van der Waals surface area contributed by atoms with Crippen molar-refractivity contribution in [2.75, 3.05) is 13.2 Å². The van der Waals surface area contributed by atoms with Gasteiger partial charge >= 0.3 is 5.97 Å². The molecule has 2 unspecified atom stereocenters. The molecule has 0 saturated heterocycles. The monoisotopic (exact) mass is 302 g/mol. The number of ether oxygens (including phenoxy) is 1. The number of rotatable bonds is 7. The topological polar surface area (TPSA) is 109 Å². The number of hydrogen-bond acceptors (Lipinski definition) is 6. The largest absolute Gasteiger partial charge is 0.479 e. The van der Waals surface area contributed by atoms with Gasteiger partial charge in [-0.25, -0.2) is 9.78 Å². The Morgan fingerprint density at radius 2 is 2.25 bits per heavy atom. The number of aliphatic carboxylic acids is 1. The van der Waals surface area contributed by atoms with Gasteiger partial charge in [0.25, 0.3) is 5.91 Å². The number of aromatic nitrogens is 1.